The van der Waals surface area contributed by atoms with Gasteiger partial charge in [-0.15, -0.1) is 0 Å². The summed E-state index contributed by atoms with van der Waals surface area (Å²) in [7, 11) is 0. The highest BCUT2D eigenvalue weighted by Crippen LogP contribution is 2.56. The Kier molecular flexibility index (Phi) is 3.66. The van der Waals surface area contributed by atoms with Gasteiger partial charge < -0.3 is 10.8 Å². The molecule has 2 aliphatic carbocycles. The molecule has 0 spiro atoms. The molecular weight excluding hydrogens is 258 g/mol. The normalized spacial score (nSPS) is 35.2. The van der Waals surface area contributed by atoms with Crippen molar-refractivity contribution in [2.45, 2.75) is 64.4 Å². The van der Waals surface area contributed by atoms with Crippen molar-refractivity contribution in [2.75, 3.05) is 6.54 Å². The Bertz CT molecular complexity index is 524. The first-order valence-electron chi connectivity index (χ1n) is 8.43. The molecule has 1 saturated carbocycles. The van der Waals surface area contributed by atoms with E-state index in [1.165, 1.54) is 17.5 Å². The smallest absolute Gasteiger partial charge is 0.0769 e. The second-order valence-corrected chi connectivity index (χ2v) is 7.88. The summed E-state index contributed by atoms with van der Waals surface area (Å²) in [6, 6.07) is 8.68. The lowest BCUT2D eigenvalue weighted by Crippen LogP contribution is -2.63. The van der Waals surface area contributed by atoms with Crippen LogP contribution in [0.25, 0.3) is 0 Å². The third-order valence-electron chi connectivity index (χ3n) is 6.50. The zero-order valence-corrected chi connectivity index (χ0v) is 13.5. The van der Waals surface area contributed by atoms with Gasteiger partial charge in [0.25, 0.3) is 0 Å². The molecule has 3 N–H and O–H groups in total. The number of aryl methyl sites for hydroxylation is 1. The van der Waals surface area contributed by atoms with E-state index in [1.54, 1.807) is 0 Å². The summed E-state index contributed by atoms with van der Waals surface area (Å²) in [5, 5.41) is 11.7. The zero-order chi connectivity index (χ0) is 15.1. The predicted octanol–water partition coefficient (Wildman–Crippen LogP) is 3.45. The fourth-order valence-corrected chi connectivity index (χ4v) is 4.97. The summed E-state index contributed by atoms with van der Waals surface area (Å²) >= 11 is 0. The van der Waals surface area contributed by atoms with Crippen LogP contribution in [0.1, 0.15) is 57.1 Å². The van der Waals surface area contributed by atoms with Gasteiger partial charge in [-0.05, 0) is 48.6 Å². The minimum absolute atomic E-state index is 0.0447. The molecule has 2 aliphatic rings. The molecule has 116 valence electrons. The Morgan fingerprint density at radius 2 is 1.71 bits per heavy atom. The summed E-state index contributed by atoms with van der Waals surface area (Å²) < 4.78 is 0. The van der Waals surface area contributed by atoms with E-state index in [0.29, 0.717) is 6.54 Å². The van der Waals surface area contributed by atoms with Crippen LogP contribution in [0.15, 0.2) is 24.3 Å². The Morgan fingerprint density at radius 1 is 1.05 bits per heavy atom. The molecule has 0 heterocycles. The molecule has 0 amide bonds. The Morgan fingerprint density at radius 3 is 2.38 bits per heavy atom. The van der Waals surface area contributed by atoms with Crippen LogP contribution in [-0.4, -0.2) is 17.3 Å². The Hall–Kier alpha value is -0.860. The molecule has 1 aromatic rings. The molecule has 1 fully saturated rings. The van der Waals surface area contributed by atoms with E-state index in [0.717, 1.165) is 38.5 Å². The van der Waals surface area contributed by atoms with E-state index in [4.69, 9.17) is 5.73 Å². The summed E-state index contributed by atoms with van der Waals surface area (Å²) in [5.41, 5.74) is 8.26. The van der Waals surface area contributed by atoms with Gasteiger partial charge in [-0.1, -0.05) is 51.0 Å². The molecule has 0 bridgehead atoms. The van der Waals surface area contributed by atoms with Crippen LogP contribution in [0.2, 0.25) is 0 Å². The third-order valence-corrected chi connectivity index (χ3v) is 6.50. The van der Waals surface area contributed by atoms with Gasteiger partial charge in [-0.3, -0.25) is 0 Å². The maximum absolute atomic E-state index is 11.7. The van der Waals surface area contributed by atoms with Gasteiger partial charge in [0, 0.05) is 12.0 Å². The number of hydrogen-bond donors (Lipinski definition) is 2. The van der Waals surface area contributed by atoms with Crippen molar-refractivity contribution in [1.29, 1.82) is 0 Å². The minimum atomic E-state index is -0.638. The number of nitrogens with two attached hydrogens (primary N) is 1. The number of rotatable bonds is 2. The first-order valence-corrected chi connectivity index (χ1v) is 8.43. The van der Waals surface area contributed by atoms with E-state index < -0.39 is 5.60 Å². The van der Waals surface area contributed by atoms with Crippen LogP contribution in [0.4, 0.5) is 0 Å². The SMILES string of the molecule is CC1(C)CCCCC1(O)C1(CN)CCc2ccccc2C1. The number of aliphatic hydroxyl groups is 1. The standard InChI is InChI=1S/C19H29NO/c1-17(2)10-5-6-11-19(17,21)18(14-20)12-9-15-7-3-4-8-16(15)13-18/h3-4,7-8,21H,5-6,9-14,20H2,1-2H3. The van der Waals surface area contributed by atoms with Gasteiger partial charge in [0.1, 0.15) is 0 Å². The molecule has 2 atom stereocenters. The van der Waals surface area contributed by atoms with Gasteiger partial charge in [0.2, 0.25) is 0 Å². The summed E-state index contributed by atoms with van der Waals surface area (Å²) in [6.07, 6.45) is 7.36. The highest BCUT2D eigenvalue weighted by atomic mass is 16.3. The van der Waals surface area contributed by atoms with Gasteiger partial charge in [-0.25, -0.2) is 0 Å². The average Bonchev–Trinajstić information content (AvgIpc) is 2.49. The zero-order valence-electron chi connectivity index (χ0n) is 13.5. The van der Waals surface area contributed by atoms with Crippen LogP contribution < -0.4 is 5.73 Å². The van der Waals surface area contributed by atoms with E-state index in [2.05, 4.69) is 38.1 Å². The first-order chi connectivity index (χ1) is 9.94. The van der Waals surface area contributed by atoms with E-state index >= 15 is 0 Å². The Labute approximate surface area is 128 Å². The van der Waals surface area contributed by atoms with Crippen molar-refractivity contribution in [3.8, 4) is 0 Å². The lowest BCUT2D eigenvalue weighted by atomic mass is 9.50. The van der Waals surface area contributed by atoms with Crippen molar-refractivity contribution >= 4 is 0 Å². The van der Waals surface area contributed by atoms with Crippen molar-refractivity contribution in [3.63, 3.8) is 0 Å². The summed E-state index contributed by atoms with van der Waals surface area (Å²) in [6.45, 7) is 5.06. The van der Waals surface area contributed by atoms with E-state index in [1.807, 2.05) is 0 Å². The average molecular weight is 287 g/mol. The van der Waals surface area contributed by atoms with Crippen LogP contribution in [0, 0.1) is 10.8 Å². The van der Waals surface area contributed by atoms with Crippen LogP contribution in [-0.2, 0) is 12.8 Å². The van der Waals surface area contributed by atoms with Gasteiger partial charge >= 0.3 is 0 Å². The van der Waals surface area contributed by atoms with Crippen molar-refractivity contribution in [2.24, 2.45) is 16.6 Å². The monoisotopic (exact) mass is 287 g/mol. The fourth-order valence-electron chi connectivity index (χ4n) is 4.97. The fraction of sp³-hybridized carbons (Fsp3) is 0.684. The first kappa shape index (κ1) is 15.1. The molecule has 1 aromatic carbocycles. The quantitative estimate of drug-likeness (QED) is 0.875. The van der Waals surface area contributed by atoms with E-state index in [-0.39, 0.29) is 10.8 Å². The molecule has 2 nitrogen and oxygen atoms in total. The molecule has 0 saturated heterocycles. The van der Waals surface area contributed by atoms with Crippen LogP contribution in [0.5, 0.6) is 0 Å². The van der Waals surface area contributed by atoms with Crippen molar-refractivity contribution in [1.82, 2.24) is 0 Å². The molecule has 0 aliphatic heterocycles. The molecule has 2 unspecified atom stereocenters. The maximum atomic E-state index is 11.7. The minimum Gasteiger partial charge on any atom is -0.389 e. The second-order valence-electron chi connectivity index (χ2n) is 7.88. The largest absolute Gasteiger partial charge is 0.389 e. The van der Waals surface area contributed by atoms with Crippen LogP contribution in [0.3, 0.4) is 0 Å². The highest BCUT2D eigenvalue weighted by Gasteiger charge is 2.58. The molecule has 3 rings (SSSR count). The summed E-state index contributed by atoms with van der Waals surface area (Å²) in [5.74, 6) is 0. The molecular formula is C19H29NO. The van der Waals surface area contributed by atoms with Crippen LogP contribution >= 0.6 is 0 Å². The third kappa shape index (κ3) is 2.15. The Balaban J connectivity index is 2.02. The maximum Gasteiger partial charge on any atom is 0.0769 e. The number of fused-ring (bicyclic) bond motifs is 1. The topological polar surface area (TPSA) is 46.2 Å². The predicted molar refractivity (Wildman–Crippen MR) is 87.2 cm³/mol. The molecule has 21 heavy (non-hydrogen) atoms. The second kappa shape index (κ2) is 5.10. The molecule has 0 aromatic heterocycles. The lowest BCUT2D eigenvalue weighted by molar-refractivity contribution is -0.186. The molecule has 2 heteroatoms. The molecule has 0 radical (unpaired) electrons. The highest BCUT2D eigenvalue weighted by molar-refractivity contribution is 5.33. The van der Waals surface area contributed by atoms with Gasteiger partial charge in [0.05, 0.1) is 5.60 Å². The van der Waals surface area contributed by atoms with Crippen molar-refractivity contribution in [3.05, 3.63) is 35.4 Å². The van der Waals surface area contributed by atoms with E-state index in [9.17, 15) is 5.11 Å². The summed E-state index contributed by atoms with van der Waals surface area (Å²) in [4.78, 5) is 0. The van der Waals surface area contributed by atoms with Crippen molar-refractivity contribution < 1.29 is 5.11 Å². The van der Waals surface area contributed by atoms with Gasteiger partial charge in [-0.2, -0.15) is 0 Å². The van der Waals surface area contributed by atoms with Gasteiger partial charge in [0.15, 0.2) is 0 Å². The lowest BCUT2D eigenvalue weighted by Gasteiger charge is -2.59. The number of hydrogen-bond acceptors (Lipinski definition) is 2. The number of benzene rings is 1.